The number of hydrogen-bond donors (Lipinski definition) is 0. The third-order valence-corrected chi connectivity index (χ3v) is 4.57. The molecule has 0 fully saturated rings. The molecule has 1 heteroatoms. The molecule has 126 valence electrons. The normalized spacial score (nSPS) is 11.0. The molecule has 0 atom stereocenters. The summed E-state index contributed by atoms with van der Waals surface area (Å²) < 4.78 is 2.41. The lowest BCUT2D eigenvalue weighted by Crippen LogP contribution is -2.33. The van der Waals surface area contributed by atoms with E-state index in [0.717, 1.165) is 0 Å². The second-order valence-corrected chi connectivity index (χ2v) is 6.71. The van der Waals surface area contributed by atoms with E-state index in [1.54, 1.807) is 11.1 Å². The Morgan fingerprint density at radius 1 is 0.682 bits per heavy atom. The maximum absolute atomic E-state index is 2.44. The van der Waals surface area contributed by atoms with Crippen LogP contribution in [0.2, 0.25) is 0 Å². The van der Waals surface area contributed by atoms with Crippen LogP contribution in [0.15, 0.2) is 18.5 Å². The van der Waals surface area contributed by atoms with Gasteiger partial charge in [0.2, 0.25) is 0 Å². The van der Waals surface area contributed by atoms with Crippen molar-refractivity contribution in [3.8, 4) is 0 Å². The van der Waals surface area contributed by atoms with Gasteiger partial charge in [0.15, 0.2) is 12.4 Å². The molecule has 1 heterocycles. The van der Waals surface area contributed by atoms with Crippen molar-refractivity contribution in [1.82, 2.24) is 0 Å². The Kier molecular flexibility index (Phi) is 11.1. The molecule has 0 bridgehead atoms. The van der Waals surface area contributed by atoms with Crippen LogP contribution in [0.3, 0.4) is 0 Å². The molecule has 1 rings (SSSR count). The fraction of sp³-hybridized carbons (Fsp3) is 0.762. The zero-order chi connectivity index (χ0) is 16.0. The van der Waals surface area contributed by atoms with Crippen molar-refractivity contribution in [2.45, 2.75) is 104 Å². The van der Waals surface area contributed by atoms with Gasteiger partial charge in [-0.25, -0.2) is 4.57 Å². The average molecular weight is 305 g/mol. The van der Waals surface area contributed by atoms with Gasteiger partial charge in [-0.05, 0) is 31.2 Å². The Labute approximate surface area is 139 Å². The summed E-state index contributed by atoms with van der Waals surface area (Å²) in [5, 5.41) is 0. The topological polar surface area (TPSA) is 3.88 Å². The highest BCUT2D eigenvalue weighted by Crippen LogP contribution is 2.15. The van der Waals surface area contributed by atoms with Crippen LogP contribution in [0.5, 0.6) is 0 Å². The predicted molar refractivity (Wildman–Crippen MR) is 97.2 cm³/mol. The maximum Gasteiger partial charge on any atom is 0.172 e. The van der Waals surface area contributed by atoms with Crippen LogP contribution >= 0.6 is 0 Å². The molecule has 0 N–H and O–H groups in total. The van der Waals surface area contributed by atoms with Crippen molar-refractivity contribution in [2.75, 3.05) is 0 Å². The summed E-state index contributed by atoms with van der Waals surface area (Å²) in [4.78, 5) is 0. The van der Waals surface area contributed by atoms with Gasteiger partial charge in [0.05, 0.1) is 0 Å². The number of unbranched alkanes of at least 4 members (excludes halogenated alkanes) is 7. The Hall–Kier alpha value is -0.850. The lowest BCUT2D eigenvalue weighted by atomic mass is 9.98. The minimum absolute atomic E-state index is 1.18. The first kappa shape index (κ1) is 19.2. The minimum atomic E-state index is 1.18. The van der Waals surface area contributed by atoms with E-state index in [4.69, 9.17) is 0 Å². The van der Waals surface area contributed by atoms with Gasteiger partial charge in [-0.1, -0.05) is 65.7 Å². The number of pyridine rings is 1. The van der Waals surface area contributed by atoms with Crippen molar-refractivity contribution < 1.29 is 4.57 Å². The second-order valence-electron chi connectivity index (χ2n) is 6.71. The monoisotopic (exact) mass is 304 g/mol. The van der Waals surface area contributed by atoms with Gasteiger partial charge in [0, 0.05) is 18.1 Å². The van der Waals surface area contributed by atoms with Gasteiger partial charge in [-0.2, -0.15) is 0 Å². The second kappa shape index (κ2) is 12.7. The third-order valence-electron chi connectivity index (χ3n) is 4.57. The van der Waals surface area contributed by atoms with E-state index in [0.29, 0.717) is 0 Å². The van der Waals surface area contributed by atoms with Gasteiger partial charge in [-0.3, -0.25) is 0 Å². The lowest BCUT2D eigenvalue weighted by Gasteiger charge is -2.09. The van der Waals surface area contributed by atoms with Crippen molar-refractivity contribution in [1.29, 1.82) is 0 Å². The number of nitrogens with zero attached hydrogens (tertiary/aromatic N) is 1. The lowest BCUT2D eigenvalue weighted by molar-refractivity contribution is -0.697. The highest BCUT2D eigenvalue weighted by atomic mass is 14.9. The molecule has 0 spiro atoms. The molecular formula is C21H38N+. The summed E-state index contributed by atoms with van der Waals surface area (Å²) in [5.41, 5.74) is 3.23. The summed E-state index contributed by atoms with van der Waals surface area (Å²) in [6.07, 6.45) is 20.8. The zero-order valence-corrected chi connectivity index (χ0v) is 15.4. The van der Waals surface area contributed by atoms with Gasteiger partial charge in [-0.15, -0.1) is 0 Å². The van der Waals surface area contributed by atoms with Crippen molar-refractivity contribution in [3.05, 3.63) is 29.6 Å². The number of hydrogen-bond acceptors (Lipinski definition) is 0. The molecule has 0 saturated carbocycles. The van der Waals surface area contributed by atoms with E-state index in [9.17, 15) is 0 Å². The molecule has 1 aromatic heterocycles. The van der Waals surface area contributed by atoms with Crippen molar-refractivity contribution in [2.24, 2.45) is 0 Å². The Morgan fingerprint density at radius 2 is 1.27 bits per heavy atom. The molecule has 0 radical (unpaired) electrons. The van der Waals surface area contributed by atoms with Crippen molar-refractivity contribution >= 4 is 0 Å². The van der Waals surface area contributed by atoms with E-state index >= 15 is 0 Å². The quantitative estimate of drug-likeness (QED) is 0.310. The number of aryl methyl sites for hydroxylation is 3. The number of rotatable bonds is 13. The molecule has 0 saturated heterocycles. The SMILES string of the molecule is CCCCCCc1cc[n+](CCCC)cc1CCCCCC. The fourth-order valence-electron chi connectivity index (χ4n) is 3.05. The highest BCUT2D eigenvalue weighted by molar-refractivity contribution is 5.21. The molecule has 0 aliphatic heterocycles. The van der Waals surface area contributed by atoms with Crippen LogP contribution in [0.4, 0.5) is 0 Å². The molecule has 1 nitrogen and oxygen atoms in total. The smallest absolute Gasteiger partial charge is 0.172 e. The summed E-state index contributed by atoms with van der Waals surface area (Å²) in [6, 6.07) is 2.40. The van der Waals surface area contributed by atoms with Crippen LogP contribution in [0.25, 0.3) is 0 Å². The summed E-state index contributed by atoms with van der Waals surface area (Å²) >= 11 is 0. The predicted octanol–water partition coefficient (Wildman–Crippen LogP) is 6.02. The molecular weight excluding hydrogens is 266 g/mol. The van der Waals surface area contributed by atoms with Gasteiger partial charge < -0.3 is 0 Å². The molecule has 1 aromatic rings. The summed E-state index contributed by atoms with van der Waals surface area (Å²) in [5.74, 6) is 0. The molecule has 0 aliphatic carbocycles. The first-order chi connectivity index (χ1) is 10.8. The Bertz CT molecular complexity index is 383. The average Bonchev–Trinajstić information content (AvgIpc) is 2.55. The Morgan fingerprint density at radius 3 is 1.86 bits per heavy atom. The van der Waals surface area contributed by atoms with Gasteiger partial charge >= 0.3 is 0 Å². The molecule has 22 heavy (non-hydrogen) atoms. The molecule has 0 aliphatic rings. The first-order valence-corrected chi connectivity index (χ1v) is 9.82. The van der Waals surface area contributed by atoms with Crippen LogP contribution in [0.1, 0.15) is 96.1 Å². The fourth-order valence-corrected chi connectivity index (χ4v) is 3.05. The van der Waals surface area contributed by atoms with E-state index < -0.39 is 0 Å². The minimum Gasteiger partial charge on any atom is -0.205 e. The largest absolute Gasteiger partial charge is 0.205 e. The highest BCUT2D eigenvalue weighted by Gasteiger charge is 2.09. The van der Waals surface area contributed by atoms with Crippen LogP contribution < -0.4 is 4.57 Å². The third kappa shape index (κ3) is 7.96. The van der Waals surface area contributed by atoms with Crippen LogP contribution in [-0.2, 0) is 19.4 Å². The van der Waals surface area contributed by atoms with E-state index in [1.807, 2.05) is 0 Å². The standard InChI is InChI=1S/C21H38N/c1-4-7-10-12-14-20-16-18-22(17-9-6-3)19-21(20)15-13-11-8-5-2/h16,18-19H,4-15,17H2,1-3H3/q+1. The first-order valence-electron chi connectivity index (χ1n) is 9.82. The summed E-state index contributed by atoms with van der Waals surface area (Å²) in [6.45, 7) is 8.03. The van der Waals surface area contributed by atoms with Gasteiger partial charge in [0.1, 0.15) is 6.54 Å². The van der Waals surface area contributed by atoms with Crippen LogP contribution in [-0.4, -0.2) is 0 Å². The van der Waals surface area contributed by atoms with Crippen LogP contribution in [0, 0.1) is 0 Å². The van der Waals surface area contributed by atoms with Crippen molar-refractivity contribution in [3.63, 3.8) is 0 Å². The van der Waals surface area contributed by atoms with E-state index in [1.165, 1.54) is 83.6 Å². The van der Waals surface area contributed by atoms with E-state index in [-0.39, 0.29) is 0 Å². The van der Waals surface area contributed by atoms with E-state index in [2.05, 4.69) is 43.8 Å². The molecule has 0 unspecified atom stereocenters. The molecule has 0 amide bonds. The zero-order valence-electron chi connectivity index (χ0n) is 15.4. The molecule has 0 aromatic carbocycles. The van der Waals surface area contributed by atoms with Gasteiger partial charge in [0.25, 0.3) is 0 Å². The number of aromatic nitrogens is 1. The Balaban J connectivity index is 2.61. The maximum atomic E-state index is 2.44. The summed E-state index contributed by atoms with van der Waals surface area (Å²) in [7, 11) is 0.